The van der Waals surface area contributed by atoms with Crippen molar-refractivity contribution < 1.29 is 23.1 Å². The van der Waals surface area contributed by atoms with E-state index in [1.165, 1.54) is 14.2 Å². The molecular formula is C17H18BrO5P. The van der Waals surface area contributed by atoms with E-state index in [9.17, 15) is 9.36 Å². The normalized spacial score (nSPS) is 12.6. The zero-order chi connectivity index (χ0) is 17.6. The summed E-state index contributed by atoms with van der Waals surface area (Å²) in [5, 5.41) is 0. The summed E-state index contributed by atoms with van der Waals surface area (Å²) in [6, 6.07) is 15.9. The monoisotopic (exact) mass is 412 g/mol. The second-order valence-corrected chi connectivity index (χ2v) is 8.26. The topological polar surface area (TPSA) is 61.8 Å². The van der Waals surface area contributed by atoms with Gasteiger partial charge in [0.2, 0.25) is 5.85 Å². The molecule has 0 bridgehead atoms. The molecule has 5 nitrogen and oxygen atoms in total. The Morgan fingerprint density at radius 1 is 1.04 bits per heavy atom. The highest BCUT2D eigenvalue weighted by atomic mass is 79.9. The van der Waals surface area contributed by atoms with Crippen LogP contribution in [0.3, 0.4) is 0 Å². The van der Waals surface area contributed by atoms with Crippen molar-refractivity contribution in [2.75, 3.05) is 14.2 Å². The van der Waals surface area contributed by atoms with E-state index in [4.69, 9.17) is 13.8 Å². The first-order valence-corrected chi connectivity index (χ1v) is 9.60. The third kappa shape index (κ3) is 4.77. The Balaban J connectivity index is 2.24. The number of benzene rings is 2. The minimum atomic E-state index is -3.60. The van der Waals surface area contributed by atoms with Gasteiger partial charge in [-0.1, -0.05) is 46.3 Å². The number of ether oxygens (including phenoxy) is 1. The maximum atomic E-state index is 12.8. The molecule has 0 saturated heterocycles. The second kappa shape index (κ2) is 8.58. The number of carbonyl (C=O) groups is 1. The molecule has 0 aliphatic carbocycles. The van der Waals surface area contributed by atoms with Crippen LogP contribution in [-0.2, 0) is 24.8 Å². The Bertz CT molecular complexity index is 710. The molecule has 2 rings (SSSR count). The molecule has 2 aromatic rings. The summed E-state index contributed by atoms with van der Waals surface area (Å²) in [5.74, 6) is -1.62. The van der Waals surface area contributed by atoms with Crippen LogP contribution in [0.4, 0.5) is 0 Å². The number of esters is 1. The fourth-order valence-corrected chi connectivity index (χ4v) is 3.66. The number of hydrogen-bond acceptors (Lipinski definition) is 5. The highest BCUT2D eigenvalue weighted by Gasteiger charge is 2.37. The van der Waals surface area contributed by atoms with Gasteiger partial charge < -0.3 is 13.8 Å². The molecule has 1 unspecified atom stereocenters. The Labute approximate surface area is 149 Å². The average Bonchev–Trinajstić information content (AvgIpc) is 2.63. The van der Waals surface area contributed by atoms with Crippen LogP contribution in [0.2, 0.25) is 0 Å². The van der Waals surface area contributed by atoms with Gasteiger partial charge in [-0.25, -0.2) is 4.79 Å². The Morgan fingerprint density at radius 3 is 2.17 bits per heavy atom. The highest BCUT2D eigenvalue weighted by molar-refractivity contribution is 9.10. The first-order valence-electron chi connectivity index (χ1n) is 7.20. The molecule has 0 aliphatic heterocycles. The van der Waals surface area contributed by atoms with E-state index in [1.807, 2.05) is 24.3 Å². The molecule has 7 heteroatoms. The van der Waals surface area contributed by atoms with Crippen molar-refractivity contribution in [3.63, 3.8) is 0 Å². The van der Waals surface area contributed by atoms with Gasteiger partial charge in [0, 0.05) is 25.1 Å². The fourth-order valence-electron chi connectivity index (χ4n) is 2.12. The van der Waals surface area contributed by atoms with Gasteiger partial charge in [-0.2, -0.15) is 0 Å². The lowest BCUT2D eigenvalue weighted by molar-refractivity contribution is 0.0385. The van der Waals surface area contributed by atoms with Crippen LogP contribution in [0.15, 0.2) is 59.1 Å². The zero-order valence-electron chi connectivity index (χ0n) is 13.3. The Hall–Kier alpha value is -1.46. The summed E-state index contributed by atoms with van der Waals surface area (Å²) in [6.07, 6.45) is 0.213. The van der Waals surface area contributed by atoms with E-state index < -0.39 is 19.4 Å². The van der Waals surface area contributed by atoms with Crippen LogP contribution in [-0.4, -0.2) is 26.0 Å². The first kappa shape index (κ1) is 18.9. The molecule has 0 N–H and O–H groups in total. The third-order valence-electron chi connectivity index (χ3n) is 3.44. The molecule has 0 fully saturated rings. The van der Waals surface area contributed by atoms with E-state index in [0.717, 1.165) is 10.0 Å². The van der Waals surface area contributed by atoms with Crippen LogP contribution >= 0.6 is 23.5 Å². The van der Waals surface area contributed by atoms with E-state index in [1.54, 1.807) is 30.3 Å². The lowest BCUT2D eigenvalue weighted by Gasteiger charge is -2.24. The lowest BCUT2D eigenvalue weighted by Crippen LogP contribution is -2.22. The molecule has 2 aromatic carbocycles. The van der Waals surface area contributed by atoms with Gasteiger partial charge in [-0.15, -0.1) is 0 Å². The van der Waals surface area contributed by atoms with Crippen molar-refractivity contribution in [3.8, 4) is 0 Å². The summed E-state index contributed by atoms with van der Waals surface area (Å²) in [6.45, 7) is 0. The van der Waals surface area contributed by atoms with Crippen molar-refractivity contribution in [2.45, 2.75) is 12.3 Å². The number of rotatable bonds is 7. The number of halogens is 1. The average molecular weight is 413 g/mol. The summed E-state index contributed by atoms with van der Waals surface area (Å²) in [5.41, 5.74) is 1.22. The smallest absolute Gasteiger partial charge is 0.370 e. The van der Waals surface area contributed by atoms with E-state index in [2.05, 4.69) is 15.9 Å². The SMILES string of the molecule is COP(=O)(OC)C(Cc1ccc(Br)cc1)OC(=O)c1ccccc1. The van der Waals surface area contributed by atoms with Crippen molar-refractivity contribution >= 4 is 29.5 Å². The Kier molecular flexibility index (Phi) is 6.75. The summed E-state index contributed by atoms with van der Waals surface area (Å²) >= 11 is 3.36. The maximum Gasteiger partial charge on any atom is 0.370 e. The van der Waals surface area contributed by atoms with Crippen molar-refractivity contribution in [1.82, 2.24) is 0 Å². The molecule has 0 aliphatic rings. The summed E-state index contributed by atoms with van der Waals surface area (Å²) in [4.78, 5) is 12.3. The molecule has 24 heavy (non-hydrogen) atoms. The van der Waals surface area contributed by atoms with Gasteiger partial charge in [0.1, 0.15) is 0 Å². The minimum Gasteiger partial charge on any atom is -0.445 e. The Morgan fingerprint density at radius 2 is 1.62 bits per heavy atom. The van der Waals surface area contributed by atoms with Gasteiger partial charge in [0.05, 0.1) is 5.56 Å². The zero-order valence-corrected chi connectivity index (χ0v) is 15.8. The number of carbonyl (C=O) groups excluding carboxylic acids is 1. The van der Waals surface area contributed by atoms with E-state index >= 15 is 0 Å². The maximum absolute atomic E-state index is 12.8. The van der Waals surface area contributed by atoms with Gasteiger partial charge in [0.15, 0.2) is 0 Å². The molecule has 0 saturated carbocycles. The predicted octanol–water partition coefficient (Wildman–Crippen LogP) is 4.66. The first-order chi connectivity index (χ1) is 11.5. The lowest BCUT2D eigenvalue weighted by atomic mass is 10.2. The quantitative estimate of drug-likeness (QED) is 0.488. The van der Waals surface area contributed by atoms with Crippen LogP contribution in [0.1, 0.15) is 15.9 Å². The number of hydrogen-bond donors (Lipinski definition) is 0. The molecular weight excluding hydrogens is 395 g/mol. The van der Waals surface area contributed by atoms with Crippen molar-refractivity contribution in [2.24, 2.45) is 0 Å². The molecule has 0 heterocycles. The van der Waals surface area contributed by atoms with E-state index in [0.29, 0.717) is 5.56 Å². The summed E-state index contributed by atoms with van der Waals surface area (Å²) < 4.78 is 29.2. The van der Waals surface area contributed by atoms with Crippen LogP contribution in [0.25, 0.3) is 0 Å². The van der Waals surface area contributed by atoms with Crippen LogP contribution in [0.5, 0.6) is 0 Å². The largest absolute Gasteiger partial charge is 0.445 e. The van der Waals surface area contributed by atoms with Gasteiger partial charge >= 0.3 is 13.6 Å². The molecule has 1 atom stereocenters. The van der Waals surface area contributed by atoms with Crippen molar-refractivity contribution in [3.05, 3.63) is 70.2 Å². The fraction of sp³-hybridized carbons (Fsp3) is 0.235. The molecule has 0 radical (unpaired) electrons. The summed E-state index contributed by atoms with van der Waals surface area (Å²) in [7, 11) is -1.05. The second-order valence-electron chi connectivity index (χ2n) is 4.96. The van der Waals surface area contributed by atoms with Gasteiger partial charge in [0.25, 0.3) is 0 Å². The van der Waals surface area contributed by atoms with Crippen molar-refractivity contribution in [1.29, 1.82) is 0 Å². The predicted molar refractivity (Wildman–Crippen MR) is 95.1 cm³/mol. The van der Waals surface area contributed by atoms with Crippen LogP contribution in [0, 0.1) is 0 Å². The van der Waals surface area contributed by atoms with Crippen LogP contribution < -0.4 is 0 Å². The van der Waals surface area contributed by atoms with E-state index in [-0.39, 0.29) is 6.42 Å². The molecule has 0 spiro atoms. The minimum absolute atomic E-state index is 0.213. The molecule has 0 aromatic heterocycles. The van der Waals surface area contributed by atoms with Gasteiger partial charge in [-0.3, -0.25) is 4.57 Å². The van der Waals surface area contributed by atoms with Gasteiger partial charge in [-0.05, 0) is 29.8 Å². The highest BCUT2D eigenvalue weighted by Crippen LogP contribution is 2.53. The molecule has 0 amide bonds. The third-order valence-corrected chi connectivity index (χ3v) is 5.98. The molecule has 128 valence electrons. The standard InChI is InChI=1S/C17H18BrO5P/c1-21-24(20,22-2)16(12-13-8-10-15(18)11-9-13)23-17(19)14-6-4-3-5-7-14/h3-11,16H,12H2,1-2H3.